The number of hydrogen-bond acceptors (Lipinski definition) is 7. The van der Waals surface area contributed by atoms with E-state index >= 15 is 0 Å². The number of rotatable bonds is 8. The smallest absolute Gasteiger partial charge is 0.175 e. The Balaban J connectivity index is 1.09. The van der Waals surface area contributed by atoms with Crippen LogP contribution in [0.25, 0.3) is 0 Å². The molecule has 2 aromatic rings. The molecular formula is C27H35N5O3. The molecule has 3 heterocycles. The van der Waals surface area contributed by atoms with Gasteiger partial charge in [-0.3, -0.25) is 4.90 Å². The fraction of sp³-hybridized carbons (Fsp3) is 0.519. The summed E-state index contributed by atoms with van der Waals surface area (Å²) < 4.78 is 12.3. The maximum Gasteiger partial charge on any atom is 0.175 e. The first-order chi connectivity index (χ1) is 17.2. The van der Waals surface area contributed by atoms with Crippen molar-refractivity contribution in [1.82, 2.24) is 20.2 Å². The minimum absolute atomic E-state index is 0.157. The summed E-state index contributed by atoms with van der Waals surface area (Å²) in [4.78, 5) is 12.2. The van der Waals surface area contributed by atoms with Crippen molar-refractivity contribution in [3.05, 3.63) is 60.2 Å². The van der Waals surface area contributed by atoms with E-state index in [0.717, 1.165) is 61.1 Å². The molecule has 2 aliphatic carbocycles. The third kappa shape index (κ3) is 4.58. The summed E-state index contributed by atoms with van der Waals surface area (Å²) in [7, 11) is 2.11. The fourth-order valence-electron chi connectivity index (χ4n) is 5.55. The van der Waals surface area contributed by atoms with Gasteiger partial charge in [-0.2, -0.15) is 0 Å². The first-order valence-corrected chi connectivity index (χ1v) is 12.9. The predicted octanol–water partition coefficient (Wildman–Crippen LogP) is 3.31. The molecule has 0 spiro atoms. The number of anilines is 1. The van der Waals surface area contributed by atoms with E-state index in [1.807, 2.05) is 12.1 Å². The lowest BCUT2D eigenvalue weighted by Gasteiger charge is -2.39. The van der Waals surface area contributed by atoms with Crippen molar-refractivity contribution in [3.8, 4) is 11.5 Å². The van der Waals surface area contributed by atoms with Gasteiger partial charge in [0, 0.05) is 56.3 Å². The summed E-state index contributed by atoms with van der Waals surface area (Å²) in [6.45, 7) is 3.01. The molecule has 35 heavy (non-hydrogen) atoms. The third-order valence-corrected chi connectivity index (χ3v) is 7.69. The molecule has 1 saturated heterocycles. The summed E-state index contributed by atoms with van der Waals surface area (Å²) in [6.07, 6.45) is 13.8. The standard InChI is InChI=1S/C27H35N5O3/c1-31-22-15-21(9-10-23(22)35-27(31)19-7-8-19)34-14-11-20-16-28-12-13-32(20)26(33)25-24(29-17-30-25)18-5-3-2-4-6-18/h2-5,9-10,15,17-20,26-28,33H,6-8,11-14,16H2,1H3,(H,29,30)/t18?,20-,26?,27?/m1/s1. The molecule has 8 heteroatoms. The molecule has 1 aromatic heterocycles. The van der Waals surface area contributed by atoms with Gasteiger partial charge >= 0.3 is 0 Å². The Morgan fingerprint density at radius 1 is 1.29 bits per heavy atom. The number of aromatic amines is 1. The SMILES string of the molecule is CN1c2cc(OCC[C@@H]3CNCCN3C(O)c3nc[nH]c3C3C=CC=CC3)ccc2OC1C1CC1. The molecule has 3 N–H and O–H groups in total. The number of allylic oxidation sites excluding steroid dienone is 4. The van der Waals surface area contributed by atoms with E-state index in [1.165, 1.54) is 12.8 Å². The molecule has 1 aromatic carbocycles. The molecule has 8 nitrogen and oxygen atoms in total. The number of aromatic nitrogens is 2. The van der Waals surface area contributed by atoms with Gasteiger partial charge in [-0.25, -0.2) is 4.98 Å². The van der Waals surface area contributed by atoms with Crippen LogP contribution in [0.5, 0.6) is 11.5 Å². The Bertz CT molecular complexity index is 1090. The number of aliphatic hydroxyl groups is 1. The Morgan fingerprint density at radius 3 is 3.03 bits per heavy atom. The molecule has 0 radical (unpaired) electrons. The molecule has 1 saturated carbocycles. The number of piperazine rings is 1. The number of hydrogen-bond donors (Lipinski definition) is 3. The quantitative estimate of drug-likeness (QED) is 0.538. The van der Waals surface area contributed by atoms with Crippen LogP contribution >= 0.6 is 0 Å². The number of H-pyrrole nitrogens is 1. The van der Waals surface area contributed by atoms with Crippen molar-refractivity contribution in [2.45, 2.75) is 50.1 Å². The summed E-state index contributed by atoms with van der Waals surface area (Å²) in [6, 6.07) is 6.27. The van der Waals surface area contributed by atoms with E-state index < -0.39 is 6.23 Å². The molecular weight excluding hydrogens is 442 g/mol. The van der Waals surface area contributed by atoms with E-state index in [0.29, 0.717) is 12.5 Å². The lowest BCUT2D eigenvalue weighted by Crippen LogP contribution is -2.53. The summed E-state index contributed by atoms with van der Waals surface area (Å²) >= 11 is 0. The Morgan fingerprint density at radius 2 is 2.20 bits per heavy atom. The highest BCUT2D eigenvalue weighted by Crippen LogP contribution is 2.46. The number of fused-ring (bicyclic) bond motifs is 1. The second-order valence-corrected chi connectivity index (χ2v) is 10.0. The molecule has 4 atom stereocenters. The largest absolute Gasteiger partial charge is 0.493 e. The highest BCUT2D eigenvalue weighted by molar-refractivity contribution is 5.64. The molecule has 0 amide bonds. The molecule has 4 aliphatic rings. The number of nitrogens with one attached hydrogen (secondary N) is 2. The Hall–Kier alpha value is -2.81. The van der Waals surface area contributed by atoms with Crippen LogP contribution in [0.3, 0.4) is 0 Å². The van der Waals surface area contributed by atoms with Gasteiger partial charge < -0.3 is 29.8 Å². The highest BCUT2D eigenvalue weighted by Gasteiger charge is 2.40. The van der Waals surface area contributed by atoms with Crippen molar-refractivity contribution in [2.75, 3.05) is 38.2 Å². The summed E-state index contributed by atoms with van der Waals surface area (Å²) in [5, 5.41) is 14.8. The first-order valence-electron chi connectivity index (χ1n) is 12.9. The van der Waals surface area contributed by atoms with Crippen LogP contribution in [-0.4, -0.2) is 65.5 Å². The highest BCUT2D eigenvalue weighted by atomic mass is 16.5. The van der Waals surface area contributed by atoms with Crippen molar-refractivity contribution < 1.29 is 14.6 Å². The van der Waals surface area contributed by atoms with Crippen LogP contribution in [0.4, 0.5) is 5.69 Å². The van der Waals surface area contributed by atoms with E-state index in [2.05, 4.69) is 62.5 Å². The Kier molecular flexibility index (Phi) is 6.26. The minimum Gasteiger partial charge on any atom is -0.493 e. The maximum absolute atomic E-state index is 11.4. The number of imidazole rings is 1. The van der Waals surface area contributed by atoms with Crippen LogP contribution in [-0.2, 0) is 0 Å². The van der Waals surface area contributed by atoms with Gasteiger partial charge in [0.15, 0.2) is 12.5 Å². The van der Waals surface area contributed by atoms with Crippen LogP contribution < -0.4 is 19.7 Å². The van der Waals surface area contributed by atoms with Gasteiger partial charge in [0.25, 0.3) is 0 Å². The number of nitrogens with zero attached hydrogens (tertiary/aromatic N) is 3. The Labute approximate surface area is 206 Å². The van der Waals surface area contributed by atoms with Crippen molar-refractivity contribution >= 4 is 5.69 Å². The summed E-state index contributed by atoms with van der Waals surface area (Å²) in [5.41, 5.74) is 2.84. The molecule has 2 fully saturated rings. The molecule has 3 unspecified atom stereocenters. The number of benzene rings is 1. The zero-order valence-corrected chi connectivity index (χ0v) is 20.3. The van der Waals surface area contributed by atoms with Crippen LogP contribution in [0.1, 0.15) is 49.2 Å². The first kappa shape index (κ1) is 22.6. The second kappa shape index (κ2) is 9.68. The monoisotopic (exact) mass is 477 g/mol. The molecule has 2 aliphatic heterocycles. The molecule has 0 bridgehead atoms. The average Bonchev–Trinajstić information content (AvgIpc) is 3.53. The van der Waals surface area contributed by atoms with Gasteiger partial charge in [0.2, 0.25) is 0 Å². The van der Waals surface area contributed by atoms with E-state index in [-0.39, 0.29) is 18.2 Å². The van der Waals surface area contributed by atoms with E-state index in [9.17, 15) is 5.11 Å². The zero-order valence-electron chi connectivity index (χ0n) is 20.3. The van der Waals surface area contributed by atoms with E-state index in [1.54, 1.807) is 6.33 Å². The lowest BCUT2D eigenvalue weighted by molar-refractivity contribution is -0.0451. The van der Waals surface area contributed by atoms with Crippen LogP contribution in [0, 0.1) is 5.92 Å². The van der Waals surface area contributed by atoms with Crippen molar-refractivity contribution in [3.63, 3.8) is 0 Å². The minimum atomic E-state index is -0.743. The normalized spacial score (nSPS) is 27.0. The molecule has 186 valence electrons. The second-order valence-electron chi connectivity index (χ2n) is 10.0. The maximum atomic E-state index is 11.4. The van der Waals surface area contributed by atoms with Gasteiger partial charge in [-0.15, -0.1) is 0 Å². The predicted molar refractivity (Wildman–Crippen MR) is 135 cm³/mol. The van der Waals surface area contributed by atoms with Gasteiger partial charge in [-0.1, -0.05) is 24.3 Å². The van der Waals surface area contributed by atoms with Gasteiger partial charge in [0.1, 0.15) is 17.2 Å². The van der Waals surface area contributed by atoms with Crippen molar-refractivity contribution in [1.29, 1.82) is 0 Å². The fourth-order valence-corrected chi connectivity index (χ4v) is 5.55. The lowest BCUT2D eigenvalue weighted by atomic mass is 9.95. The molecule has 6 rings (SSSR count). The average molecular weight is 478 g/mol. The van der Waals surface area contributed by atoms with Crippen molar-refractivity contribution in [2.24, 2.45) is 5.92 Å². The van der Waals surface area contributed by atoms with Gasteiger partial charge in [0.05, 0.1) is 18.6 Å². The number of ether oxygens (including phenoxy) is 2. The van der Waals surface area contributed by atoms with E-state index in [4.69, 9.17) is 9.47 Å². The number of aliphatic hydroxyl groups excluding tert-OH is 1. The summed E-state index contributed by atoms with van der Waals surface area (Å²) in [5.74, 6) is 2.67. The van der Waals surface area contributed by atoms with Crippen LogP contribution in [0.2, 0.25) is 0 Å². The van der Waals surface area contributed by atoms with Gasteiger partial charge in [-0.05, 0) is 37.8 Å². The topological polar surface area (TPSA) is 85.9 Å². The zero-order chi connectivity index (χ0) is 23.8. The third-order valence-electron chi connectivity index (χ3n) is 7.69. The van der Waals surface area contributed by atoms with Crippen LogP contribution in [0.15, 0.2) is 48.8 Å².